The van der Waals surface area contributed by atoms with Crippen LogP contribution < -0.4 is 5.43 Å². The number of nitrogens with zero attached hydrogens (tertiary/aromatic N) is 1. The molecule has 2 nitrogen and oxygen atoms in total. The highest BCUT2D eigenvalue weighted by Gasteiger charge is 2.15. The smallest absolute Gasteiger partial charge is 0.0720 e. The Morgan fingerprint density at radius 1 is 1.36 bits per heavy atom. The summed E-state index contributed by atoms with van der Waals surface area (Å²) >= 11 is 0. The van der Waals surface area contributed by atoms with Gasteiger partial charge < -0.3 is 0 Å². The van der Waals surface area contributed by atoms with Crippen molar-refractivity contribution in [2.24, 2.45) is 5.10 Å². The summed E-state index contributed by atoms with van der Waals surface area (Å²) in [6.07, 6.45) is 2.89. The summed E-state index contributed by atoms with van der Waals surface area (Å²) in [7, 11) is 0. The molecule has 2 heteroatoms. The summed E-state index contributed by atoms with van der Waals surface area (Å²) in [5, 5.41) is 4.20. The quantitative estimate of drug-likeness (QED) is 0.662. The van der Waals surface area contributed by atoms with Crippen LogP contribution in [-0.4, -0.2) is 5.71 Å². The third-order valence-electron chi connectivity index (χ3n) is 2.34. The van der Waals surface area contributed by atoms with Gasteiger partial charge in [0.2, 0.25) is 0 Å². The van der Waals surface area contributed by atoms with Gasteiger partial charge in [-0.15, -0.1) is 0 Å². The highest BCUT2D eigenvalue weighted by molar-refractivity contribution is 6.06. The summed E-state index contributed by atoms with van der Waals surface area (Å²) in [6, 6.07) is 0. The standard InChI is InChI=1S/C12H16N2/c1-6-8(2)7-12-10(4)9(3)11(5)13-14-12/h6,13H,3-5,7H2,1-2H3/b8-6+. The van der Waals surface area contributed by atoms with E-state index in [0.29, 0.717) is 0 Å². The van der Waals surface area contributed by atoms with Gasteiger partial charge >= 0.3 is 0 Å². The first-order chi connectivity index (χ1) is 6.56. The van der Waals surface area contributed by atoms with E-state index in [0.717, 1.165) is 29.0 Å². The van der Waals surface area contributed by atoms with Crippen molar-refractivity contribution in [2.45, 2.75) is 20.3 Å². The Bertz CT molecular complexity index is 357. The number of hydrazone groups is 1. The number of hydrogen-bond acceptors (Lipinski definition) is 2. The third-order valence-corrected chi connectivity index (χ3v) is 2.34. The molecule has 0 saturated carbocycles. The molecule has 14 heavy (non-hydrogen) atoms. The maximum atomic E-state index is 4.20. The monoisotopic (exact) mass is 188 g/mol. The first-order valence-corrected chi connectivity index (χ1v) is 4.58. The molecular weight excluding hydrogens is 172 g/mol. The van der Waals surface area contributed by atoms with Crippen LogP contribution in [0.15, 0.2) is 53.3 Å². The van der Waals surface area contributed by atoms with Crippen molar-refractivity contribution in [3.63, 3.8) is 0 Å². The summed E-state index contributed by atoms with van der Waals surface area (Å²) in [5.74, 6) is 0. The van der Waals surface area contributed by atoms with Crippen LogP contribution in [0.25, 0.3) is 0 Å². The molecule has 1 aliphatic rings. The molecule has 0 fully saturated rings. The summed E-state index contributed by atoms with van der Waals surface area (Å²) in [5.41, 5.74) is 7.52. The van der Waals surface area contributed by atoms with Gasteiger partial charge in [-0.25, -0.2) is 0 Å². The summed E-state index contributed by atoms with van der Waals surface area (Å²) < 4.78 is 0. The summed E-state index contributed by atoms with van der Waals surface area (Å²) in [6.45, 7) is 15.7. The molecular formula is C12H16N2. The van der Waals surface area contributed by atoms with Crippen molar-refractivity contribution in [1.82, 2.24) is 5.43 Å². The minimum Gasteiger partial charge on any atom is -0.278 e. The van der Waals surface area contributed by atoms with Crippen molar-refractivity contribution in [3.8, 4) is 0 Å². The third kappa shape index (κ3) is 2.02. The van der Waals surface area contributed by atoms with Crippen molar-refractivity contribution < 1.29 is 0 Å². The molecule has 0 aliphatic carbocycles. The largest absolute Gasteiger partial charge is 0.278 e. The number of rotatable bonds is 2. The summed E-state index contributed by atoms with van der Waals surface area (Å²) in [4.78, 5) is 0. The van der Waals surface area contributed by atoms with Crippen LogP contribution in [0.4, 0.5) is 0 Å². The van der Waals surface area contributed by atoms with Gasteiger partial charge in [-0.1, -0.05) is 31.4 Å². The van der Waals surface area contributed by atoms with Crippen LogP contribution in [0.1, 0.15) is 20.3 Å². The normalized spacial score (nSPS) is 18.0. The lowest BCUT2D eigenvalue weighted by atomic mass is 9.96. The predicted octanol–water partition coefficient (Wildman–Crippen LogP) is 2.93. The highest BCUT2D eigenvalue weighted by atomic mass is 15.3. The van der Waals surface area contributed by atoms with E-state index in [-0.39, 0.29) is 0 Å². The first-order valence-electron chi connectivity index (χ1n) is 4.58. The zero-order valence-electron chi connectivity index (χ0n) is 8.85. The van der Waals surface area contributed by atoms with Gasteiger partial charge in [0.1, 0.15) is 0 Å². The molecule has 0 amide bonds. The van der Waals surface area contributed by atoms with E-state index in [1.807, 2.05) is 6.92 Å². The van der Waals surface area contributed by atoms with E-state index >= 15 is 0 Å². The second kappa shape index (κ2) is 4.09. The van der Waals surface area contributed by atoms with Gasteiger partial charge in [0.25, 0.3) is 0 Å². The Kier molecular flexibility index (Phi) is 3.07. The van der Waals surface area contributed by atoms with Crippen molar-refractivity contribution in [2.75, 3.05) is 0 Å². The number of nitrogens with one attached hydrogen (secondary N) is 1. The Balaban J connectivity index is 2.86. The van der Waals surface area contributed by atoms with Gasteiger partial charge in [-0.05, 0) is 19.4 Å². The van der Waals surface area contributed by atoms with E-state index in [1.165, 1.54) is 5.57 Å². The first kappa shape index (κ1) is 10.5. The minimum atomic E-state index is 0.733. The molecule has 1 N–H and O–H groups in total. The van der Waals surface area contributed by atoms with Crippen LogP contribution >= 0.6 is 0 Å². The van der Waals surface area contributed by atoms with Crippen molar-refractivity contribution in [3.05, 3.63) is 48.2 Å². The molecule has 0 spiro atoms. The zero-order chi connectivity index (χ0) is 10.7. The molecule has 0 bridgehead atoms. The lowest BCUT2D eigenvalue weighted by Crippen LogP contribution is -2.21. The van der Waals surface area contributed by atoms with Gasteiger partial charge in [0.15, 0.2) is 0 Å². The molecule has 0 aromatic heterocycles. The topological polar surface area (TPSA) is 24.4 Å². The number of allylic oxidation sites excluding steroid dienone is 3. The molecule has 0 aromatic rings. The Hall–Kier alpha value is -1.57. The molecule has 0 aromatic carbocycles. The predicted molar refractivity (Wildman–Crippen MR) is 62.0 cm³/mol. The average Bonchev–Trinajstić information content (AvgIpc) is 2.19. The Morgan fingerprint density at radius 2 is 2.00 bits per heavy atom. The Labute approximate surface area is 85.4 Å². The molecule has 0 radical (unpaired) electrons. The zero-order valence-corrected chi connectivity index (χ0v) is 8.85. The van der Waals surface area contributed by atoms with Crippen LogP contribution in [0, 0.1) is 0 Å². The van der Waals surface area contributed by atoms with Crippen LogP contribution in [0.3, 0.4) is 0 Å². The molecule has 74 valence electrons. The van der Waals surface area contributed by atoms with Crippen LogP contribution in [0.5, 0.6) is 0 Å². The fraction of sp³-hybridized carbons (Fsp3) is 0.250. The molecule has 0 atom stereocenters. The lowest BCUT2D eigenvalue weighted by Gasteiger charge is -2.20. The highest BCUT2D eigenvalue weighted by Crippen LogP contribution is 2.21. The molecule has 1 heterocycles. The number of hydrogen-bond donors (Lipinski definition) is 1. The van der Waals surface area contributed by atoms with E-state index in [2.05, 4.69) is 43.3 Å². The minimum absolute atomic E-state index is 0.733. The fourth-order valence-electron chi connectivity index (χ4n) is 1.14. The Morgan fingerprint density at radius 3 is 2.57 bits per heavy atom. The molecule has 0 unspecified atom stereocenters. The van der Waals surface area contributed by atoms with E-state index in [9.17, 15) is 0 Å². The average molecular weight is 188 g/mol. The van der Waals surface area contributed by atoms with Crippen LogP contribution in [0.2, 0.25) is 0 Å². The SMILES string of the molecule is C=C1NN=C(C/C(C)=C/C)C(=C)C1=C. The van der Waals surface area contributed by atoms with Gasteiger partial charge in [0, 0.05) is 12.0 Å². The van der Waals surface area contributed by atoms with Gasteiger partial charge in [-0.3, -0.25) is 5.43 Å². The van der Waals surface area contributed by atoms with Crippen LogP contribution in [-0.2, 0) is 0 Å². The second-order valence-corrected chi connectivity index (χ2v) is 3.42. The molecule has 1 aliphatic heterocycles. The maximum Gasteiger partial charge on any atom is 0.0720 e. The maximum absolute atomic E-state index is 4.20. The van der Waals surface area contributed by atoms with Gasteiger partial charge in [0.05, 0.1) is 11.4 Å². The van der Waals surface area contributed by atoms with E-state index in [4.69, 9.17) is 0 Å². The second-order valence-electron chi connectivity index (χ2n) is 3.42. The van der Waals surface area contributed by atoms with Crippen molar-refractivity contribution >= 4 is 5.71 Å². The van der Waals surface area contributed by atoms with E-state index < -0.39 is 0 Å². The lowest BCUT2D eigenvalue weighted by molar-refractivity contribution is 0.881. The van der Waals surface area contributed by atoms with E-state index in [1.54, 1.807) is 0 Å². The molecule has 0 saturated heterocycles. The van der Waals surface area contributed by atoms with Crippen molar-refractivity contribution in [1.29, 1.82) is 0 Å². The fourth-order valence-corrected chi connectivity index (χ4v) is 1.14. The molecule has 1 rings (SSSR count). The van der Waals surface area contributed by atoms with Gasteiger partial charge in [-0.2, -0.15) is 5.10 Å².